The van der Waals surface area contributed by atoms with Gasteiger partial charge in [-0.25, -0.2) is 4.39 Å². The molecule has 114 valence electrons. The van der Waals surface area contributed by atoms with Gasteiger partial charge in [-0.3, -0.25) is 0 Å². The van der Waals surface area contributed by atoms with Crippen LogP contribution in [0.4, 0.5) is 10.1 Å². The van der Waals surface area contributed by atoms with E-state index in [1.807, 2.05) is 13.0 Å². The van der Waals surface area contributed by atoms with Crippen molar-refractivity contribution in [2.24, 2.45) is 5.73 Å². The molecule has 0 aliphatic carbocycles. The largest absolute Gasteiger partial charge is 0.371 e. The summed E-state index contributed by atoms with van der Waals surface area (Å²) >= 11 is 1.77. The normalized spacial score (nSPS) is 14.0. The van der Waals surface area contributed by atoms with E-state index in [1.54, 1.807) is 24.3 Å². The van der Waals surface area contributed by atoms with Gasteiger partial charge < -0.3 is 10.6 Å². The van der Waals surface area contributed by atoms with Crippen LogP contribution in [0.1, 0.15) is 35.9 Å². The van der Waals surface area contributed by atoms with E-state index in [4.69, 9.17) is 5.73 Å². The summed E-state index contributed by atoms with van der Waals surface area (Å²) in [6.45, 7) is 5.87. The van der Waals surface area contributed by atoms with Crippen molar-refractivity contribution in [3.63, 3.8) is 0 Å². The highest BCUT2D eigenvalue weighted by atomic mass is 32.1. The third-order valence-electron chi connectivity index (χ3n) is 3.92. The predicted octanol–water partition coefficient (Wildman–Crippen LogP) is 4.28. The Kier molecular flexibility index (Phi) is 5.01. The molecular weight excluding hydrogens is 283 g/mol. The minimum Gasteiger partial charge on any atom is -0.371 e. The number of likely N-dealkylation sites (N-methyl/N-ethyl adjacent to an activating group) is 1. The second-order valence-corrected chi connectivity index (χ2v) is 6.72. The van der Waals surface area contributed by atoms with Gasteiger partial charge in [-0.05, 0) is 55.5 Å². The highest BCUT2D eigenvalue weighted by Crippen LogP contribution is 2.29. The van der Waals surface area contributed by atoms with Crippen LogP contribution in [-0.2, 0) is 6.42 Å². The van der Waals surface area contributed by atoms with E-state index in [2.05, 4.69) is 36.4 Å². The number of halogens is 1. The summed E-state index contributed by atoms with van der Waals surface area (Å²) in [7, 11) is 2.05. The number of aryl methyl sites for hydroxylation is 1. The maximum atomic E-state index is 13.8. The maximum absolute atomic E-state index is 13.8. The number of nitrogens with zero attached hydrogens (tertiary/aromatic N) is 1. The standard InChI is InChI=1S/C17H23FN2S/c1-11-8-17(15(13(3)19)10-16(11)18)20(4)12(2)9-14-6-5-7-21-14/h5-8,10,12-13H,9,19H2,1-4H3. The van der Waals surface area contributed by atoms with Crippen molar-refractivity contribution in [2.75, 3.05) is 11.9 Å². The zero-order valence-electron chi connectivity index (χ0n) is 13.1. The number of benzene rings is 1. The first-order valence-electron chi connectivity index (χ1n) is 7.21. The molecule has 1 aromatic carbocycles. The summed E-state index contributed by atoms with van der Waals surface area (Å²) in [4.78, 5) is 3.56. The van der Waals surface area contributed by atoms with Gasteiger partial charge in [0.1, 0.15) is 5.82 Å². The fraction of sp³-hybridized carbons (Fsp3) is 0.412. The fourth-order valence-corrected chi connectivity index (χ4v) is 3.27. The van der Waals surface area contributed by atoms with Gasteiger partial charge in [0, 0.05) is 36.1 Å². The number of thiophene rings is 1. The average molecular weight is 306 g/mol. The molecule has 0 saturated carbocycles. The number of rotatable bonds is 5. The molecule has 2 N–H and O–H groups in total. The third-order valence-corrected chi connectivity index (χ3v) is 4.82. The van der Waals surface area contributed by atoms with Crippen LogP contribution in [0.2, 0.25) is 0 Å². The highest BCUT2D eigenvalue weighted by Gasteiger charge is 2.18. The molecule has 2 aromatic rings. The SMILES string of the molecule is Cc1cc(N(C)C(C)Cc2cccs2)c(C(C)N)cc1F. The molecule has 2 rings (SSSR count). The Morgan fingerprint density at radius 2 is 2.05 bits per heavy atom. The van der Waals surface area contributed by atoms with Crippen LogP contribution in [0.25, 0.3) is 0 Å². The van der Waals surface area contributed by atoms with Crippen LogP contribution in [-0.4, -0.2) is 13.1 Å². The van der Waals surface area contributed by atoms with Crippen LogP contribution in [0.15, 0.2) is 29.6 Å². The monoisotopic (exact) mass is 306 g/mol. The lowest BCUT2D eigenvalue weighted by Crippen LogP contribution is -2.32. The first kappa shape index (κ1) is 16.0. The van der Waals surface area contributed by atoms with E-state index < -0.39 is 0 Å². The lowest BCUT2D eigenvalue weighted by Gasteiger charge is -2.30. The summed E-state index contributed by atoms with van der Waals surface area (Å²) < 4.78 is 13.8. The van der Waals surface area contributed by atoms with E-state index in [0.717, 1.165) is 17.7 Å². The van der Waals surface area contributed by atoms with Crippen molar-refractivity contribution < 1.29 is 4.39 Å². The molecule has 0 saturated heterocycles. The Morgan fingerprint density at radius 3 is 2.62 bits per heavy atom. The highest BCUT2D eigenvalue weighted by molar-refractivity contribution is 7.09. The second-order valence-electron chi connectivity index (χ2n) is 5.69. The molecule has 1 aromatic heterocycles. The van der Waals surface area contributed by atoms with Crippen molar-refractivity contribution in [3.8, 4) is 0 Å². The van der Waals surface area contributed by atoms with Gasteiger partial charge >= 0.3 is 0 Å². The summed E-state index contributed by atoms with van der Waals surface area (Å²) in [5.74, 6) is -0.189. The Balaban J connectivity index is 2.29. The molecule has 0 amide bonds. The maximum Gasteiger partial charge on any atom is 0.126 e. The van der Waals surface area contributed by atoms with Crippen LogP contribution in [0.5, 0.6) is 0 Å². The first-order valence-corrected chi connectivity index (χ1v) is 8.09. The van der Waals surface area contributed by atoms with Gasteiger partial charge in [0.25, 0.3) is 0 Å². The van der Waals surface area contributed by atoms with Crippen molar-refractivity contribution in [2.45, 2.75) is 39.3 Å². The first-order chi connectivity index (χ1) is 9.90. The molecule has 0 spiro atoms. The Morgan fingerprint density at radius 1 is 1.33 bits per heavy atom. The molecule has 0 fully saturated rings. The molecule has 0 radical (unpaired) electrons. The third kappa shape index (κ3) is 3.63. The topological polar surface area (TPSA) is 29.3 Å². The minimum absolute atomic E-state index is 0.188. The fourth-order valence-electron chi connectivity index (χ4n) is 2.45. The quantitative estimate of drug-likeness (QED) is 0.893. The molecule has 4 heteroatoms. The zero-order chi connectivity index (χ0) is 15.6. The zero-order valence-corrected chi connectivity index (χ0v) is 13.9. The number of nitrogens with two attached hydrogens (primary N) is 1. The van der Waals surface area contributed by atoms with Crippen molar-refractivity contribution in [1.29, 1.82) is 0 Å². The molecular formula is C17H23FN2S. The van der Waals surface area contributed by atoms with Crippen LogP contribution in [0.3, 0.4) is 0 Å². The van der Waals surface area contributed by atoms with Gasteiger partial charge in [-0.2, -0.15) is 0 Å². The van der Waals surface area contributed by atoms with Crippen LogP contribution in [0, 0.1) is 12.7 Å². The summed E-state index contributed by atoms with van der Waals surface area (Å²) in [6, 6.07) is 7.83. The molecule has 0 aliphatic heterocycles. The van der Waals surface area contributed by atoms with E-state index in [0.29, 0.717) is 11.6 Å². The molecule has 2 atom stereocenters. The number of anilines is 1. The summed E-state index contributed by atoms with van der Waals surface area (Å²) in [5, 5.41) is 2.09. The van der Waals surface area contributed by atoms with E-state index in [1.165, 1.54) is 4.88 Å². The van der Waals surface area contributed by atoms with Crippen LogP contribution < -0.4 is 10.6 Å². The van der Waals surface area contributed by atoms with Crippen molar-refractivity contribution >= 4 is 17.0 Å². The average Bonchev–Trinajstić information content (AvgIpc) is 2.93. The van der Waals surface area contributed by atoms with Gasteiger partial charge in [-0.15, -0.1) is 11.3 Å². The van der Waals surface area contributed by atoms with Gasteiger partial charge in [-0.1, -0.05) is 6.07 Å². The van der Waals surface area contributed by atoms with E-state index in [-0.39, 0.29) is 11.9 Å². The molecule has 0 aliphatic rings. The molecule has 0 bridgehead atoms. The Labute approximate surface area is 130 Å². The lowest BCUT2D eigenvalue weighted by atomic mass is 10.0. The van der Waals surface area contributed by atoms with Crippen molar-refractivity contribution in [3.05, 3.63) is 51.5 Å². The van der Waals surface area contributed by atoms with E-state index in [9.17, 15) is 4.39 Å². The van der Waals surface area contributed by atoms with Gasteiger partial charge in [0.15, 0.2) is 0 Å². The Hall–Kier alpha value is -1.39. The predicted molar refractivity (Wildman–Crippen MR) is 89.6 cm³/mol. The molecule has 2 nitrogen and oxygen atoms in total. The van der Waals surface area contributed by atoms with Crippen LogP contribution >= 0.6 is 11.3 Å². The number of hydrogen-bond acceptors (Lipinski definition) is 3. The van der Waals surface area contributed by atoms with Gasteiger partial charge in [0.05, 0.1) is 0 Å². The summed E-state index contributed by atoms with van der Waals surface area (Å²) in [6.07, 6.45) is 0.975. The minimum atomic E-state index is -0.189. The molecule has 1 heterocycles. The number of hydrogen-bond donors (Lipinski definition) is 1. The summed E-state index contributed by atoms with van der Waals surface area (Å²) in [5.41, 5.74) is 8.55. The molecule has 2 unspecified atom stereocenters. The second kappa shape index (κ2) is 6.58. The molecule has 21 heavy (non-hydrogen) atoms. The smallest absolute Gasteiger partial charge is 0.126 e. The van der Waals surface area contributed by atoms with E-state index >= 15 is 0 Å². The Bertz CT molecular complexity index is 593. The van der Waals surface area contributed by atoms with Crippen molar-refractivity contribution in [1.82, 2.24) is 0 Å². The lowest BCUT2D eigenvalue weighted by molar-refractivity contribution is 0.610. The van der Waals surface area contributed by atoms with Gasteiger partial charge in [0.2, 0.25) is 0 Å².